The molecule has 4 aromatic heterocycles. The predicted octanol–water partition coefficient (Wildman–Crippen LogP) is 6.39. The fraction of sp³-hybridized carbons (Fsp3) is 0.179. The summed E-state index contributed by atoms with van der Waals surface area (Å²) in [5, 5.41) is 5.47. The van der Waals surface area contributed by atoms with E-state index in [0.29, 0.717) is 29.7 Å². The number of benzene rings is 3. The molecule has 0 aliphatic carbocycles. The smallest absolute Gasteiger partial charge is 0.227 e. The predicted molar refractivity (Wildman–Crippen MR) is 205 cm³/mol. The van der Waals surface area contributed by atoms with Crippen molar-refractivity contribution in [2.45, 2.75) is 0 Å². The minimum absolute atomic E-state index is 0. The van der Waals surface area contributed by atoms with Gasteiger partial charge in [0.15, 0.2) is 11.5 Å². The molecule has 1 aliphatic rings. The van der Waals surface area contributed by atoms with Crippen LogP contribution in [0.15, 0.2) is 110 Å². The van der Waals surface area contributed by atoms with E-state index in [4.69, 9.17) is 20.2 Å². The molecule has 0 radical (unpaired) electrons. The zero-order chi connectivity index (χ0) is 34.6. The van der Waals surface area contributed by atoms with Crippen molar-refractivity contribution in [1.82, 2.24) is 41.0 Å². The van der Waals surface area contributed by atoms with Gasteiger partial charge >= 0.3 is 0 Å². The molecule has 5 heterocycles. The molecule has 3 aromatic carbocycles. The topological polar surface area (TPSA) is 175 Å². The summed E-state index contributed by atoms with van der Waals surface area (Å²) in [4.78, 5) is 32.0. The van der Waals surface area contributed by atoms with Gasteiger partial charge in [-0.1, -0.05) is 42.5 Å². The maximum Gasteiger partial charge on any atom is 0.227 e. The maximum absolute atomic E-state index is 6.23. The average molecular weight is 694 g/mol. The Kier molecular flexibility index (Phi) is 9.95. The summed E-state index contributed by atoms with van der Waals surface area (Å²) in [6, 6.07) is 27.9. The first-order valence-electron chi connectivity index (χ1n) is 16.8. The summed E-state index contributed by atoms with van der Waals surface area (Å²) < 4.78 is 12.0. The molecule has 13 nitrogen and oxygen atoms in total. The lowest BCUT2D eigenvalue weighted by atomic mass is 10.0. The third-order valence-electron chi connectivity index (χ3n) is 8.97. The number of para-hydroxylation sites is 2. The SMILES string of the molecule is COc1cc(-c2cnc(N)nc2-c2cnc3ccccc3c2)ccc1OCCN1CCN(c2nccc(Nc3cnc4ccccc4c3)n2)CC1.N. The zero-order valence-electron chi connectivity index (χ0n) is 28.8. The number of anilines is 4. The number of methoxy groups -OCH3 is 1. The number of nitrogens with two attached hydrogens (primary N) is 1. The molecule has 0 bridgehead atoms. The first-order chi connectivity index (χ1) is 25.1. The van der Waals surface area contributed by atoms with Crippen LogP contribution in [0, 0.1) is 0 Å². The molecule has 52 heavy (non-hydrogen) atoms. The van der Waals surface area contributed by atoms with Gasteiger partial charge in [0, 0.05) is 73.2 Å². The Labute approximate surface area is 301 Å². The summed E-state index contributed by atoms with van der Waals surface area (Å²) in [6.07, 6.45) is 7.17. The van der Waals surface area contributed by atoms with Crippen molar-refractivity contribution in [1.29, 1.82) is 0 Å². The number of rotatable bonds is 10. The van der Waals surface area contributed by atoms with Crippen molar-refractivity contribution in [2.24, 2.45) is 0 Å². The van der Waals surface area contributed by atoms with Crippen LogP contribution >= 0.6 is 0 Å². The van der Waals surface area contributed by atoms with Gasteiger partial charge in [-0.15, -0.1) is 0 Å². The number of piperazine rings is 1. The molecule has 7 aromatic rings. The van der Waals surface area contributed by atoms with E-state index in [1.807, 2.05) is 79.1 Å². The second kappa shape index (κ2) is 15.2. The van der Waals surface area contributed by atoms with E-state index in [0.717, 1.165) is 82.7 Å². The standard InChI is InChI=1S/C39H36N10O2.H3N/c1-50-35-22-26(31-25-44-38(40)47-37(31)29-20-27-6-2-4-8-32(27)42-23-29)10-11-34(35)51-19-18-48-14-16-49(17-15-48)39-41-13-12-36(46-39)45-30-21-28-7-3-5-9-33(28)43-24-30;/h2-13,20-25H,14-19H2,1H3,(H2,40,44,47)(H,41,45,46);1H3. The Hall–Kier alpha value is -6.44. The third-order valence-corrected chi connectivity index (χ3v) is 8.97. The number of ether oxygens (including phenoxy) is 2. The van der Waals surface area contributed by atoms with Crippen LogP contribution in [-0.2, 0) is 0 Å². The van der Waals surface area contributed by atoms with E-state index in [2.05, 4.69) is 58.2 Å². The molecule has 1 fully saturated rings. The minimum Gasteiger partial charge on any atom is -0.493 e. The second-order valence-corrected chi connectivity index (χ2v) is 12.2. The summed E-state index contributed by atoms with van der Waals surface area (Å²) in [7, 11) is 1.64. The molecule has 1 saturated heterocycles. The summed E-state index contributed by atoms with van der Waals surface area (Å²) >= 11 is 0. The molecule has 0 amide bonds. The van der Waals surface area contributed by atoms with Crippen molar-refractivity contribution >= 4 is 45.2 Å². The Morgan fingerprint density at radius 3 is 2.27 bits per heavy atom. The van der Waals surface area contributed by atoms with Crippen LogP contribution in [0.4, 0.5) is 23.4 Å². The zero-order valence-corrected chi connectivity index (χ0v) is 28.8. The Morgan fingerprint density at radius 1 is 0.731 bits per heavy atom. The molecule has 1 aliphatic heterocycles. The summed E-state index contributed by atoms with van der Waals surface area (Å²) in [6.45, 7) is 4.68. The largest absolute Gasteiger partial charge is 0.493 e. The van der Waals surface area contributed by atoms with Gasteiger partial charge in [0.1, 0.15) is 12.4 Å². The van der Waals surface area contributed by atoms with Crippen molar-refractivity contribution in [2.75, 3.05) is 62.4 Å². The van der Waals surface area contributed by atoms with Crippen molar-refractivity contribution in [3.05, 3.63) is 110 Å². The van der Waals surface area contributed by atoms with E-state index in [9.17, 15) is 0 Å². The van der Waals surface area contributed by atoms with Gasteiger partial charge in [-0.3, -0.25) is 14.9 Å². The van der Waals surface area contributed by atoms with E-state index >= 15 is 0 Å². The van der Waals surface area contributed by atoms with Crippen LogP contribution in [0.1, 0.15) is 0 Å². The summed E-state index contributed by atoms with van der Waals surface area (Å²) in [5.41, 5.74) is 12.0. The third kappa shape index (κ3) is 7.36. The lowest BCUT2D eigenvalue weighted by Crippen LogP contribution is -2.48. The van der Waals surface area contributed by atoms with Gasteiger partial charge in [-0.05, 0) is 48.0 Å². The normalized spacial score (nSPS) is 13.1. The Morgan fingerprint density at radius 2 is 1.48 bits per heavy atom. The number of nitrogen functional groups attached to an aromatic ring is 1. The van der Waals surface area contributed by atoms with Gasteiger partial charge in [-0.25, -0.2) is 15.0 Å². The van der Waals surface area contributed by atoms with Gasteiger partial charge < -0.3 is 31.6 Å². The lowest BCUT2D eigenvalue weighted by Gasteiger charge is -2.34. The van der Waals surface area contributed by atoms with Crippen LogP contribution in [-0.4, -0.2) is 81.2 Å². The van der Waals surface area contributed by atoms with Gasteiger partial charge in [0.25, 0.3) is 0 Å². The number of aromatic nitrogens is 6. The molecule has 6 N–H and O–H groups in total. The minimum atomic E-state index is 0. The molecule has 0 spiro atoms. The molecule has 262 valence electrons. The highest BCUT2D eigenvalue weighted by Crippen LogP contribution is 2.37. The van der Waals surface area contributed by atoms with Crippen LogP contribution < -0.4 is 31.6 Å². The lowest BCUT2D eigenvalue weighted by molar-refractivity contribution is 0.196. The second-order valence-electron chi connectivity index (χ2n) is 12.2. The number of hydrogen-bond donors (Lipinski definition) is 3. The fourth-order valence-electron chi connectivity index (χ4n) is 6.30. The highest BCUT2D eigenvalue weighted by molar-refractivity contribution is 5.88. The number of hydrogen-bond acceptors (Lipinski definition) is 13. The van der Waals surface area contributed by atoms with Gasteiger partial charge in [0.05, 0.1) is 35.7 Å². The maximum atomic E-state index is 6.23. The molecule has 8 rings (SSSR count). The highest BCUT2D eigenvalue weighted by atomic mass is 16.5. The van der Waals surface area contributed by atoms with Crippen molar-refractivity contribution in [3.8, 4) is 33.9 Å². The van der Waals surface area contributed by atoms with Gasteiger partial charge in [-0.2, -0.15) is 4.98 Å². The first-order valence-corrected chi connectivity index (χ1v) is 16.8. The Balaban J connectivity index is 0.00000420. The van der Waals surface area contributed by atoms with Crippen LogP contribution in [0.5, 0.6) is 11.5 Å². The molecular formula is C39H39N11O2. The molecular weight excluding hydrogens is 655 g/mol. The van der Waals surface area contributed by atoms with E-state index in [1.54, 1.807) is 19.5 Å². The molecule has 0 unspecified atom stereocenters. The number of nitrogens with zero attached hydrogens (tertiary/aromatic N) is 8. The monoisotopic (exact) mass is 693 g/mol. The van der Waals surface area contributed by atoms with E-state index in [1.165, 1.54) is 0 Å². The highest BCUT2D eigenvalue weighted by Gasteiger charge is 2.20. The van der Waals surface area contributed by atoms with Crippen LogP contribution in [0.3, 0.4) is 0 Å². The molecule has 0 atom stereocenters. The van der Waals surface area contributed by atoms with E-state index < -0.39 is 0 Å². The fourth-order valence-corrected chi connectivity index (χ4v) is 6.30. The quantitative estimate of drug-likeness (QED) is 0.144. The van der Waals surface area contributed by atoms with Crippen LogP contribution in [0.25, 0.3) is 44.2 Å². The Bertz CT molecular complexity index is 2330. The first kappa shape index (κ1) is 34.0. The average Bonchev–Trinajstić information content (AvgIpc) is 3.18. The molecule has 0 saturated carbocycles. The number of pyridine rings is 2. The van der Waals surface area contributed by atoms with Crippen molar-refractivity contribution in [3.63, 3.8) is 0 Å². The number of fused-ring (bicyclic) bond motifs is 2. The number of nitrogens with one attached hydrogen (secondary N) is 1. The summed E-state index contributed by atoms with van der Waals surface area (Å²) in [5.74, 6) is 2.94. The van der Waals surface area contributed by atoms with Crippen molar-refractivity contribution < 1.29 is 9.47 Å². The van der Waals surface area contributed by atoms with E-state index in [-0.39, 0.29) is 12.1 Å². The molecule has 13 heteroatoms. The van der Waals surface area contributed by atoms with Crippen LogP contribution in [0.2, 0.25) is 0 Å². The van der Waals surface area contributed by atoms with Gasteiger partial charge in [0.2, 0.25) is 11.9 Å².